The number of aliphatic carboxylic acids is 2. The molecule has 1 aromatic rings. The molecule has 0 radical (unpaired) electrons. The molecule has 1 aliphatic rings. The first-order valence-electron chi connectivity index (χ1n) is 7.63. The summed E-state index contributed by atoms with van der Waals surface area (Å²) >= 11 is 0. The van der Waals surface area contributed by atoms with Gasteiger partial charge in [0.05, 0.1) is 11.8 Å². The number of carboxylic acids is 2. The van der Waals surface area contributed by atoms with Crippen molar-refractivity contribution in [1.82, 2.24) is 4.90 Å². The van der Waals surface area contributed by atoms with Crippen LogP contribution in [-0.4, -0.2) is 52.2 Å². The predicted molar refractivity (Wildman–Crippen MR) is 83.8 cm³/mol. The number of alkyl halides is 3. The zero-order valence-corrected chi connectivity index (χ0v) is 13.6. The smallest absolute Gasteiger partial charge is 0.481 e. The van der Waals surface area contributed by atoms with Crippen LogP contribution in [0.1, 0.15) is 12.0 Å². The summed E-state index contributed by atoms with van der Waals surface area (Å²) in [4.78, 5) is 33.6. The fourth-order valence-corrected chi connectivity index (χ4v) is 2.20. The van der Waals surface area contributed by atoms with Crippen LogP contribution in [0, 0.1) is 11.8 Å². The predicted octanol–water partition coefficient (Wildman–Crippen LogP) is 1.33. The zero-order valence-electron chi connectivity index (χ0n) is 13.6. The van der Waals surface area contributed by atoms with E-state index in [0.29, 0.717) is 26.1 Å². The molecule has 144 valence electrons. The average Bonchev–Trinajstić information content (AvgIpc) is 3.35. The first-order chi connectivity index (χ1) is 12.1. The number of halogens is 3. The van der Waals surface area contributed by atoms with Gasteiger partial charge in [0.15, 0.2) is 0 Å². The molecular weight excluding hydrogens is 357 g/mol. The number of nitrogens with zero attached hydrogens (tertiary/aromatic N) is 1. The van der Waals surface area contributed by atoms with Crippen molar-refractivity contribution in [3.8, 4) is 0 Å². The summed E-state index contributed by atoms with van der Waals surface area (Å²) in [6.45, 7) is 1.32. The van der Waals surface area contributed by atoms with E-state index in [9.17, 15) is 22.8 Å². The third-order valence-electron chi connectivity index (χ3n) is 3.59. The molecule has 1 aromatic carbocycles. The Kier molecular flexibility index (Phi) is 7.56. The van der Waals surface area contributed by atoms with Crippen molar-refractivity contribution >= 4 is 17.8 Å². The Balaban J connectivity index is 0.000000412. The SMILES string of the molecule is NCCN(Cc1ccccc1)C(=O)[C@@H]1C[C@H]1C(=O)O.O=C(O)C(F)(F)F. The Morgan fingerprint density at radius 1 is 1.12 bits per heavy atom. The van der Waals surface area contributed by atoms with Gasteiger partial charge in [0.25, 0.3) is 0 Å². The van der Waals surface area contributed by atoms with Crippen molar-refractivity contribution in [1.29, 1.82) is 0 Å². The van der Waals surface area contributed by atoms with E-state index < -0.39 is 24.0 Å². The maximum absolute atomic E-state index is 12.2. The van der Waals surface area contributed by atoms with Crippen molar-refractivity contribution < 1.29 is 37.8 Å². The molecule has 0 aliphatic heterocycles. The van der Waals surface area contributed by atoms with Gasteiger partial charge in [0, 0.05) is 19.6 Å². The minimum absolute atomic E-state index is 0.0956. The molecule has 26 heavy (non-hydrogen) atoms. The highest BCUT2D eigenvalue weighted by molar-refractivity contribution is 5.89. The van der Waals surface area contributed by atoms with E-state index >= 15 is 0 Å². The van der Waals surface area contributed by atoms with E-state index in [1.807, 2.05) is 30.3 Å². The second-order valence-corrected chi connectivity index (χ2v) is 5.62. The minimum atomic E-state index is -5.08. The standard InChI is InChI=1S/C14H18N2O3.C2HF3O2/c15-6-7-16(9-10-4-2-1-3-5-10)13(17)11-8-12(11)14(18)19;3-2(4,5)1(6)7/h1-5,11-12H,6-9,15H2,(H,18,19);(H,6,7)/t11-,12-;/m1./s1. The molecule has 10 heteroatoms. The van der Waals surface area contributed by atoms with Gasteiger partial charge >= 0.3 is 18.1 Å². The Bertz CT molecular complexity index is 637. The lowest BCUT2D eigenvalue weighted by molar-refractivity contribution is -0.192. The van der Waals surface area contributed by atoms with Crippen molar-refractivity contribution in [3.05, 3.63) is 35.9 Å². The summed E-state index contributed by atoms with van der Waals surface area (Å²) in [6.07, 6.45) is -4.63. The molecule has 1 saturated carbocycles. The van der Waals surface area contributed by atoms with E-state index in [1.165, 1.54) is 0 Å². The van der Waals surface area contributed by atoms with E-state index in [0.717, 1.165) is 5.56 Å². The Labute approximate surface area is 147 Å². The van der Waals surface area contributed by atoms with Gasteiger partial charge in [-0.25, -0.2) is 4.79 Å². The highest BCUT2D eigenvalue weighted by Gasteiger charge is 2.49. The maximum Gasteiger partial charge on any atom is 0.490 e. The normalized spacial score (nSPS) is 18.3. The van der Waals surface area contributed by atoms with Gasteiger partial charge in [-0.1, -0.05) is 30.3 Å². The third-order valence-corrected chi connectivity index (χ3v) is 3.59. The minimum Gasteiger partial charge on any atom is -0.481 e. The second-order valence-electron chi connectivity index (χ2n) is 5.62. The van der Waals surface area contributed by atoms with Crippen molar-refractivity contribution in [2.24, 2.45) is 17.6 Å². The summed E-state index contributed by atoms with van der Waals surface area (Å²) in [7, 11) is 0. The molecule has 0 aromatic heterocycles. The Morgan fingerprint density at radius 2 is 1.65 bits per heavy atom. The molecular formula is C16H19F3N2O5. The van der Waals surface area contributed by atoms with Gasteiger partial charge in [0.1, 0.15) is 0 Å². The number of hydrogen-bond acceptors (Lipinski definition) is 4. The summed E-state index contributed by atoms with van der Waals surface area (Å²) in [5.74, 6) is -4.61. The monoisotopic (exact) mass is 376 g/mol. The van der Waals surface area contributed by atoms with E-state index in [4.69, 9.17) is 20.7 Å². The lowest BCUT2D eigenvalue weighted by Crippen LogP contribution is -2.36. The fraction of sp³-hybridized carbons (Fsp3) is 0.438. The van der Waals surface area contributed by atoms with Gasteiger partial charge in [-0.2, -0.15) is 13.2 Å². The first kappa shape index (κ1) is 21.4. The molecule has 7 nitrogen and oxygen atoms in total. The first-order valence-corrected chi connectivity index (χ1v) is 7.63. The molecule has 1 fully saturated rings. The van der Waals surface area contributed by atoms with E-state index in [-0.39, 0.29) is 11.8 Å². The molecule has 2 rings (SSSR count). The van der Waals surface area contributed by atoms with Crippen LogP contribution in [0.25, 0.3) is 0 Å². The molecule has 1 aliphatic carbocycles. The molecule has 1 amide bonds. The van der Waals surface area contributed by atoms with Crippen LogP contribution in [0.5, 0.6) is 0 Å². The van der Waals surface area contributed by atoms with Crippen LogP contribution in [0.15, 0.2) is 30.3 Å². The summed E-state index contributed by atoms with van der Waals surface area (Å²) in [5, 5.41) is 16.0. The number of nitrogens with two attached hydrogens (primary N) is 1. The molecule has 0 unspecified atom stereocenters. The van der Waals surface area contributed by atoms with Crippen LogP contribution in [0.2, 0.25) is 0 Å². The molecule has 0 spiro atoms. The maximum atomic E-state index is 12.2. The average molecular weight is 376 g/mol. The lowest BCUT2D eigenvalue weighted by Gasteiger charge is -2.22. The van der Waals surface area contributed by atoms with Crippen LogP contribution in [0.4, 0.5) is 13.2 Å². The zero-order chi connectivity index (χ0) is 19.9. The fourth-order valence-electron chi connectivity index (χ4n) is 2.20. The third kappa shape index (κ3) is 6.71. The number of benzene rings is 1. The molecule has 0 bridgehead atoms. The van der Waals surface area contributed by atoms with Gasteiger partial charge in [-0.3, -0.25) is 9.59 Å². The Morgan fingerprint density at radius 3 is 2.04 bits per heavy atom. The van der Waals surface area contributed by atoms with Gasteiger partial charge < -0.3 is 20.8 Å². The number of carboxylic acid groups (broad SMARTS) is 2. The van der Waals surface area contributed by atoms with Crippen molar-refractivity contribution in [2.45, 2.75) is 19.1 Å². The highest BCUT2D eigenvalue weighted by atomic mass is 19.4. The van der Waals surface area contributed by atoms with Crippen molar-refractivity contribution in [2.75, 3.05) is 13.1 Å². The summed E-state index contributed by atoms with van der Waals surface area (Å²) < 4.78 is 31.7. The largest absolute Gasteiger partial charge is 0.490 e. The molecule has 0 heterocycles. The number of carbonyl (C=O) groups is 3. The molecule has 2 atom stereocenters. The van der Waals surface area contributed by atoms with E-state index in [1.54, 1.807) is 4.90 Å². The van der Waals surface area contributed by atoms with Gasteiger partial charge in [-0.15, -0.1) is 0 Å². The number of amides is 1. The van der Waals surface area contributed by atoms with Gasteiger partial charge in [-0.05, 0) is 12.0 Å². The molecule has 0 saturated heterocycles. The Hall–Kier alpha value is -2.62. The number of rotatable bonds is 6. The topological polar surface area (TPSA) is 121 Å². The van der Waals surface area contributed by atoms with Crippen LogP contribution in [-0.2, 0) is 20.9 Å². The summed E-state index contributed by atoms with van der Waals surface area (Å²) in [6, 6.07) is 9.63. The second kappa shape index (κ2) is 9.18. The van der Waals surface area contributed by atoms with Crippen LogP contribution in [0.3, 0.4) is 0 Å². The van der Waals surface area contributed by atoms with Gasteiger partial charge in [0.2, 0.25) is 5.91 Å². The number of carbonyl (C=O) groups excluding carboxylic acids is 1. The van der Waals surface area contributed by atoms with Crippen LogP contribution < -0.4 is 5.73 Å². The van der Waals surface area contributed by atoms with E-state index in [2.05, 4.69) is 0 Å². The quantitative estimate of drug-likeness (QED) is 0.689. The molecule has 4 N–H and O–H groups in total. The lowest BCUT2D eigenvalue weighted by atomic mass is 10.2. The van der Waals surface area contributed by atoms with Crippen molar-refractivity contribution in [3.63, 3.8) is 0 Å². The highest BCUT2D eigenvalue weighted by Crippen LogP contribution is 2.40. The van der Waals surface area contributed by atoms with Crippen LogP contribution >= 0.6 is 0 Å². The summed E-state index contributed by atoms with van der Waals surface area (Å²) in [5.41, 5.74) is 6.55. The number of hydrogen-bond donors (Lipinski definition) is 3.